The number of aliphatic hydroxyl groups is 1. The summed E-state index contributed by atoms with van der Waals surface area (Å²) >= 11 is 7.63. The predicted octanol–water partition coefficient (Wildman–Crippen LogP) is 6.46. The van der Waals surface area contributed by atoms with Gasteiger partial charge in [-0.3, -0.25) is 14.5 Å². The highest BCUT2D eigenvalue weighted by molar-refractivity contribution is 7.22. The topological polar surface area (TPSA) is 79.7 Å². The van der Waals surface area contributed by atoms with Gasteiger partial charge >= 0.3 is 5.91 Å². The first-order valence-electron chi connectivity index (χ1n) is 11.4. The van der Waals surface area contributed by atoms with Crippen LogP contribution in [0.25, 0.3) is 16.0 Å². The van der Waals surface area contributed by atoms with E-state index < -0.39 is 17.7 Å². The van der Waals surface area contributed by atoms with E-state index in [1.54, 1.807) is 12.1 Å². The number of Topliss-reactive ketones (excluding diaryl/α,β-unsaturated/α-hetero) is 1. The van der Waals surface area contributed by atoms with Gasteiger partial charge in [-0.15, -0.1) is 0 Å². The number of carbonyl (C=O) groups excluding carboxylic acids is 2. The normalized spacial score (nSPS) is 17.2. The summed E-state index contributed by atoms with van der Waals surface area (Å²) in [6.45, 7) is 4.01. The van der Waals surface area contributed by atoms with Crippen molar-refractivity contribution < 1.29 is 19.4 Å². The number of anilines is 1. The molecule has 5 rings (SSSR count). The molecule has 8 heteroatoms. The Bertz CT molecular complexity index is 1560. The number of hydrogen-bond acceptors (Lipinski definition) is 6. The fourth-order valence-electron chi connectivity index (χ4n) is 4.43. The van der Waals surface area contributed by atoms with Gasteiger partial charge in [0.15, 0.2) is 5.13 Å². The van der Waals surface area contributed by atoms with Crippen LogP contribution in [-0.4, -0.2) is 28.9 Å². The number of ether oxygens (including phenoxy) is 1. The first-order valence-corrected chi connectivity index (χ1v) is 12.6. The van der Waals surface area contributed by atoms with Crippen molar-refractivity contribution in [2.24, 2.45) is 0 Å². The van der Waals surface area contributed by atoms with Crippen LogP contribution in [0.15, 0.2) is 66.2 Å². The predicted molar refractivity (Wildman–Crippen MR) is 143 cm³/mol. The zero-order chi connectivity index (χ0) is 25.6. The molecule has 1 fully saturated rings. The minimum absolute atomic E-state index is 0.0136. The number of methoxy groups -OCH3 is 1. The molecule has 0 spiro atoms. The zero-order valence-electron chi connectivity index (χ0n) is 19.9. The summed E-state index contributed by atoms with van der Waals surface area (Å²) in [6.07, 6.45) is 0.876. The Morgan fingerprint density at radius 1 is 1.14 bits per heavy atom. The maximum absolute atomic E-state index is 13.4. The zero-order valence-corrected chi connectivity index (χ0v) is 21.5. The number of aryl methyl sites for hydroxylation is 2. The van der Waals surface area contributed by atoms with E-state index in [2.05, 4.69) is 11.9 Å². The molecule has 1 saturated heterocycles. The number of aliphatic hydroxyl groups excluding tert-OH is 1. The molecule has 1 N–H and O–H groups in total. The van der Waals surface area contributed by atoms with E-state index >= 15 is 0 Å². The fourth-order valence-corrected chi connectivity index (χ4v) is 5.75. The smallest absolute Gasteiger partial charge is 0.301 e. The molecule has 1 aliphatic rings. The van der Waals surface area contributed by atoms with Gasteiger partial charge in [0, 0.05) is 5.56 Å². The second kappa shape index (κ2) is 9.41. The molecule has 0 radical (unpaired) electrons. The molecule has 1 aliphatic heterocycles. The van der Waals surface area contributed by atoms with Gasteiger partial charge in [0.1, 0.15) is 11.5 Å². The van der Waals surface area contributed by atoms with Crippen LogP contribution in [0.5, 0.6) is 5.75 Å². The van der Waals surface area contributed by atoms with Crippen LogP contribution in [0.3, 0.4) is 0 Å². The average molecular weight is 519 g/mol. The first kappa shape index (κ1) is 24.0. The lowest BCUT2D eigenvalue weighted by molar-refractivity contribution is -0.132. The van der Waals surface area contributed by atoms with Gasteiger partial charge in [0.2, 0.25) is 0 Å². The molecule has 0 bridgehead atoms. The van der Waals surface area contributed by atoms with Crippen molar-refractivity contribution in [3.8, 4) is 5.75 Å². The molecule has 1 aromatic heterocycles. The first-order chi connectivity index (χ1) is 17.3. The Morgan fingerprint density at radius 3 is 2.64 bits per heavy atom. The lowest BCUT2D eigenvalue weighted by atomic mass is 9.94. The molecular weight excluding hydrogens is 496 g/mol. The van der Waals surface area contributed by atoms with Crippen LogP contribution in [-0.2, 0) is 16.0 Å². The third-order valence-corrected chi connectivity index (χ3v) is 7.60. The van der Waals surface area contributed by atoms with E-state index in [-0.39, 0.29) is 16.4 Å². The number of aromatic nitrogens is 1. The number of halogens is 1. The van der Waals surface area contributed by atoms with E-state index in [0.717, 1.165) is 27.8 Å². The van der Waals surface area contributed by atoms with Gasteiger partial charge in [-0.2, -0.15) is 0 Å². The van der Waals surface area contributed by atoms with Crippen molar-refractivity contribution in [3.05, 3.63) is 93.5 Å². The van der Waals surface area contributed by atoms with Crippen molar-refractivity contribution in [1.82, 2.24) is 4.98 Å². The Labute approximate surface area is 217 Å². The fraction of sp³-hybridized carbons (Fsp3) is 0.179. The minimum Gasteiger partial charge on any atom is -0.507 e. The van der Waals surface area contributed by atoms with Crippen molar-refractivity contribution >= 4 is 55.7 Å². The van der Waals surface area contributed by atoms with E-state index in [4.69, 9.17) is 16.3 Å². The third-order valence-electron chi connectivity index (χ3n) is 6.28. The van der Waals surface area contributed by atoms with Crippen LogP contribution in [0.2, 0.25) is 5.02 Å². The molecule has 2 heterocycles. The summed E-state index contributed by atoms with van der Waals surface area (Å²) in [5.41, 5.74) is 3.87. The van der Waals surface area contributed by atoms with Crippen molar-refractivity contribution in [2.75, 3.05) is 12.0 Å². The summed E-state index contributed by atoms with van der Waals surface area (Å²) in [7, 11) is 1.49. The number of carbonyl (C=O) groups is 2. The van der Waals surface area contributed by atoms with Crippen molar-refractivity contribution in [3.63, 3.8) is 0 Å². The Hall–Kier alpha value is -3.68. The number of fused-ring (bicyclic) bond motifs is 1. The van der Waals surface area contributed by atoms with Crippen molar-refractivity contribution in [2.45, 2.75) is 26.3 Å². The van der Waals surface area contributed by atoms with E-state index in [1.165, 1.54) is 29.4 Å². The van der Waals surface area contributed by atoms with E-state index in [1.807, 2.05) is 49.4 Å². The number of thiazole rings is 1. The molecule has 1 unspecified atom stereocenters. The van der Waals surface area contributed by atoms with E-state index in [0.29, 0.717) is 22.0 Å². The molecule has 0 saturated carbocycles. The van der Waals surface area contributed by atoms with Gasteiger partial charge in [0.05, 0.1) is 34.0 Å². The van der Waals surface area contributed by atoms with Crippen LogP contribution >= 0.6 is 22.9 Å². The Balaban J connectivity index is 1.72. The maximum Gasteiger partial charge on any atom is 0.301 e. The molecule has 3 aromatic carbocycles. The van der Waals surface area contributed by atoms with Gasteiger partial charge in [0.25, 0.3) is 5.78 Å². The summed E-state index contributed by atoms with van der Waals surface area (Å²) < 4.78 is 6.13. The highest BCUT2D eigenvalue weighted by Gasteiger charge is 2.48. The third kappa shape index (κ3) is 4.04. The minimum atomic E-state index is -0.850. The number of benzene rings is 3. The molecule has 4 aromatic rings. The molecule has 182 valence electrons. The number of hydrogen-bond donors (Lipinski definition) is 1. The SMILES string of the molecule is CCc1ccc2nc(N3C(=O)C(=O)/C(=C(/O)c4ccc(OC)c(Cl)c4)C3c3cccc(C)c3)sc2c1. The summed E-state index contributed by atoms with van der Waals surface area (Å²) in [6, 6.07) is 17.4. The van der Waals surface area contributed by atoms with Crippen LogP contribution in [0.4, 0.5) is 5.13 Å². The molecule has 0 aliphatic carbocycles. The summed E-state index contributed by atoms with van der Waals surface area (Å²) in [5.74, 6) is -1.39. The molecule has 6 nitrogen and oxygen atoms in total. The molecule has 1 amide bonds. The number of rotatable bonds is 5. The van der Waals surface area contributed by atoms with E-state index in [9.17, 15) is 14.7 Å². The Morgan fingerprint density at radius 2 is 1.94 bits per heavy atom. The number of ketones is 1. The van der Waals surface area contributed by atoms with Crippen LogP contribution in [0, 0.1) is 6.92 Å². The molecular formula is C28H23ClN2O4S. The van der Waals surface area contributed by atoms with Gasteiger partial charge < -0.3 is 9.84 Å². The van der Waals surface area contributed by atoms with Gasteiger partial charge in [-0.05, 0) is 54.8 Å². The number of amides is 1. The maximum atomic E-state index is 13.4. The second-order valence-electron chi connectivity index (χ2n) is 8.58. The highest BCUT2D eigenvalue weighted by atomic mass is 35.5. The highest BCUT2D eigenvalue weighted by Crippen LogP contribution is 2.45. The quantitative estimate of drug-likeness (QED) is 0.186. The van der Waals surface area contributed by atoms with Gasteiger partial charge in [-0.25, -0.2) is 4.98 Å². The molecule has 1 atom stereocenters. The van der Waals surface area contributed by atoms with Crippen LogP contribution in [0.1, 0.15) is 35.2 Å². The van der Waals surface area contributed by atoms with Crippen LogP contribution < -0.4 is 9.64 Å². The van der Waals surface area contributed by atoms with Gasteiger partial charge in [-0.1, -0.05) is 65.8 Å². The largest absolute Gasteiger partial charge is 0.507 e. The summed E-state index contributed by atoms with van der Waals surface area (Å²) in [5, 5.41) is 12.0. The Kier molecular flexibility index (Phi) is 6.28. The lowest BCUT2D eigenvalue weighted by Crippen LogP contribution is -2.29. The second-order valence-corrected chi connectivity index (χ2v) is 10.0. The number of nitrogens with zero attached hydrogens (tertiary/aromatic N) is 2. The average Bonchev–Trinajstić information content (AvgIpc) is 3.41. The lowest BCUT2D eigenvalue weighted by Gasteiger charge is -2.23. The van der Waals surface area contributed by atoms with Crippen molar-refractivity contribution in [1.29, 1.82) is 0 Å². The monoisotopic (exact) mass is 518 g/mol. The molecule has 36 heavy (non-hydrogen) atoms. The standard InChI is InChI=1S/C28H23ClN2O4S/c1-4-16-8-10-20-22(13-16)36-28(30-20)31-24(17-7-5-6-15(2)12-17)23(26(33)27(31)34)25(32)18-9-11-21(35-3)19(29)14-18/h5-14,24,32H,4H2,1-3H3/b25-23+. The summed E-state index contributed by atoms with van der Waals surface area (Å²) in [4.78, 5) is 32.9.